The molecule has 0 atom stereocenters. The number of aromatic nitrogens is 1. The van der Waals surface area contributed by atoms with Crippen molar-refractivity contribution in [2.75, 3.05) is 6.61 Å². The van der Waals surface area contributed by atoms with Crippen molar-refractivity contribution >= 4 is 29.1 Å². The maximum atomic E-state index is 14.3. The summed E-state index contributed by atoms with van der Waals surface area (Å²) in [5, 5.41) is 0.0127. The van der Waals surface area contributed by atoms with Crippen molar-refractivity contribution in [3.8, 4) is 0 Å². The highest BCUT2D eigenvalue weighted by atomic mass is 35.5. The van der Waals surface area contributed by atoms with Gasteiger partial charge in [-0.2, -0.15) is 0 Å². The summed E-state index contributed by atoms with van der Waals surface area (Å²) in [5.74, 6) is -1.79. The van der Waals surface area contributed by atoms with Crippen molar-refractivity contribution in [3.63, 3.8) is 0 Å². The minimum absolute atomic E-state index is 0.0127. The monoisotopic (exact) mass is 431 g/mol. The highest BCUT2D eigenvalue weighted by Crippen LogP contribution is 2.21. The van der Waals surface area contributed by atoms with Gasteiger partial charge in [-0.15, -0.1) is 0 Å². The van der Waals surface area contributed by atoms with Crippen LogP contribution in [0.2, 0.25) is 5.02 Å². The van der Waals surface area contributed by atoms with Crippen LogP contribution in [0, 0.1) is 5.82 Å². The minimum Gasteiger partial charge on any atom is -0.462 e. The Kier molecular flexibility index (Phi) is 6.52. The number of esters is 2. The molecule has 3 rings (SSSR count). The smallest absolute Gasteiger partial charge is 0.343 e. The zero-order chi connectivity index (χ0) is 21.8. The van der Waals surface area contributed by atoms with Crippen LogP contribution in [0.1, 0.15) is 40.9 Å². The fourth-order valence-corrected chi connectivity index (χ4v) is 3.27. The first-order valence-electron chi connectivity index (χ1n) is 9.22. The molecule has 0 saturated heterocycles. The van der Waals surface area contributed by atoms with Crippen molar-refractivity contribution in [1.82, 2.24) is 4.40 Å². The molecule has 0 aliphatic carbocycles. The lowest BCUT2D eigenvalue weighted by Gasteiger charge is -2.13. The summed E-state index contributed by atoms with van der Waals surface area (Å²) >= 11 is 5.84. The molecule has 0 spiro atoms. The molecule has 0 N–H and O–H groups in total. The van der Waals surface area contributed by atoms with E-state index < -0.39 is 23.3 Å². The van der Waals surface area contributed by atoms with E-state index in [0.717, 1.165) is 0 Å². The molecule has 0 radical (unpaired) electrons. The summed E-state index contributed by atoms with van der Waals surface area (Å²) in [7, 11) is 0. The van der Waals surface area contributed by atoms with Gasteiger partial charge in [0.2, 0.25) is 0 Å². The molecule has 0 bridgehead atoms. The molecule has 2 aromatic heterocycles. The van der Waals surface area contributed by atoms with E-state index in [4.69, 9.17) is 21.1 Å². The van der Waals surface area contributed by atoms with E-state index in [9.17, 15) is 18.8 Å². The summed E-state index contributed by atoms with van der Waals surface area (Å²) in [5.41, 5.74) is 1.17. The molecule has 30 heavy (non-hydrogen) atoms. The summed E-state index contributed by atoms with van der Waals surface area (Å²) in [4.78, 5) is 36.4. The third-order valence-corrected chi connectivity index (χ3v) is 4.75. The van der Waals surface area contributed by atoms with Crippen molar-refractivity contribution in [2.45, 2.75) is 26.9 Å². The average Bonchev–Trinajstić information content (AvgIpc) is 2.71. The third kappa shape index (κ3) is 4.52. The van der Waals surface area contributed by atoms with Crippen LogP contribution in [0.3, 0.4) is 0 Å². The fourth-order valence-electron chi connectivity index (χ4n) is 3.07. The molecular formula is C22H19ClFNO5. The number of hydrogen-bond acceptors (Lipinski definition) is 5. The lowest BCUT2D eigenvalue weighted by atomic mass is 10.0. The second kappa shape index (κ2) is 9.09. The first kappa shape index (κ1) is 21.5. The Labute approximate surface area is 176 Å². The number of fused-ring (bicyclic) bond motifs is 1. The minimum atomic E-state index is -0.771. The van der Waals surface area contributed by atoms with E-state index in [1.165, 1.54) is 29.7 Å². The van der Waals surface area contributed by atoms with Crippen LogP contribution >= 0.6 is 11.6 Å². The Morgan fingerprint density at radius 1 is 1.13 bits per heavy atom. The van der Waals surface area contributed by atoms with Crippen LogP contribution in [0.4, 0.5) is 4.39 Å². The second-order valence-corrected chi connectivity index (χ2v) is 6.98. The number of halogens is 2. The Balaban J connectivity index is 2.12. The van der Waals surface area contributed by atoms with E-state index in [2.05, 4.69) is 0 Å². The van der Waals surface area contributed by atoms with E-state index in [1.807, 2.05) is 0 Å². The molecular weight excluding hydrogens is 413 g/mol. The first-order valence-corrected chi connectivity index (χ1v) is 9.60. The van der Waals surface area contributed by atoms with Gasteiger partial charge in [-0.3, -0.25) is 14.0 Å². The van der Waals surface area contributed by atoms with Gasteiger partial charge in [0.15, 0.2) is 0 Å². The summed E-state index contributed by atoms with van der Waals surface area (Å²) in [6.07, 6.45) is 1.72. The lowest BCUT2D eigenvalue weighted by Crippen LogP contribution is -2.25. The summed E-state index contributed by atoms with van der Waals surface area (Å²) in [6.45, 7) is 2.89. The number of hydrogen-bond donors (Lipinski definition) is 0. The van der Waals surface area contributed by atoms with Gasteiger partial charge in [0, 0.05) is 25.1 Å². The molecule has 1 aromatic carbocycles. The van der Waals surface area contributed by atoms with E-state index in [0.29, 0.717) is 22.2 Å². The fraction of sp³-hybridized carbons (Fsp3) is 0.227. The molecule has 3 aromatic rings. The van der Waals surface area contributed by atoms with Gasteiger partial charge in [0.1, 0.15) is 18.0 Å². The molecule has 6 nitrogen and oxygen atoms in total. The molecule has 0 aliphatic rings. The average molecular weight is 432 g/mol. The SMILES string of the molecule is CCOC(=O)c1cc(COC(C)=O)c2ccc(Cc3cccc(Cl)c3F)cn2c1=O. The number of ether oxygens (including phenoxy) is 2. The Hall–Kier alpha value is -3.19. The zero-order valence-corrected chi connectivity index (χ0v) is 17.2. The van der Waals surface area contributed by atoms with Gasteiger partial charge in [-0.1, -0.05) is 29.8 Å². The number of pyridine rings is 2. The molecule has 156 valence electrons. The van der Waals surface area contributed by atoms with E-state index in [-0.39, 0.29) is 30.2 Å². The number of nitrogens with zero attached hydrogens (tertiary/aromatic N) is 1. The largest absolute Gasteiger partial charge is 0.462 e. The highest BCUT2D eigenvalue weighted by molar-refractivity contribution is 6.30. The summed E-state index contributed by atoms with van der Waals surface area (Å²) in [6, 6.07) is 9.47. The third-order valence-electron chi connectivity index (χ3n) is 4.46. The van der Waals surface area contributed by atoms with Gasteiger partial charge in [0.25, 0.3) is 5.56 Å². The van der Waals surface area contributed by atoms with Gasteiger partial charge >= 0.3 is 11.9 Å². The predicted octanol–water partition coefficient (Wildman–Crippen LogP) is 3.92. The number of carbonyl (C=O) groups excluding carboxylic acids is 2. The van der Waals surface area contributed by atoms with Crippen LogP contribution < -0.4 is 5.56 Å². The normalized spacial score (nSPS) is 10.8. The maximum Gasteiger partial charge on any atom is 0.343 e. The number of carbonyl (C=O) groups is 2. The molecule has 0 amide bonds. The van der Waals surface area contributed by atoms with E-state index >= 15 is 0 Å². The van der Waals surface area contributed by atoms with Crippen molar-refractivity contribution in [2.24, 2.45) is 0 Å². The van der Waals surface area contributed by atoms with Gasteiger partial charge < -0.3 is 9.47 Å². The summed E-state index contributed by atoms with van der Waals surface area (Å²) < 4.78 is 25.6. The van der Waals surface area contributed by atoms with Crippen molar-refractivity contribution in [3.05, 3.63) is 86.0 Å². The van der Waals surface area contributed by atoms with Crippen LogP contribution in [0.25, 0.3) is 5.52 Å². The van der Waals surface area contributed by atoms with Crippen LogP contribution in [0.15, 0.2) is 47.4 Å². The molecule has 2 heterocycles. The molecule has 8 heteroatoms. The highest BCUT2D eigenvalue weighted by Gasteiger charge is 2.18. The quantitative estimate of drug-likeness (QED) is 0.553. The lowest BCUT2D eigenvalue weighted by molar-refractivity contribution is -0.142. The Bertz CT molecular complexity index is 1190. The van der Waals surface area contributed by atoms with Crippen molar-refractivity contribution < 1.29 is 23.5 Å². The molecule has 0 fully saturated rings. The van der Waals surface area contributed by atoms with Crippen LogP contribution in [-0.4, -0.2) is 22.9 Å². The van der Waals surface area contributed by atoms with Gasteiger partial charge in [-0.05, 0) is 36.2 Å². The maximum absolute atomic E-state index is 14.3. The van der Waals surface area contributed by atoms with Crippen molar-refractivity contribution in [1.29, 1.82) is 0 Å². The standard InChI is InChI=1S/C22H19ClFNO5/c1-3-29-22(28)17-10-16(12-30-13(2)26)19-8-7-14(11-25(19)21(17)27)9-15-5-4-6-18(23)20(15)24/h4-8,10-11H,3,9,12H2,1-2H3. The van der Waals surface area contributed by atoms with Gasteiger partial charge in [0.05, 0.1) is 17.1 Å². The first-order chi connectivity index (χ1) is 14.3. The molecule has 0 saturated carbocycles. The predicted molar refractivity (Wildman–Crippen MR) is 109 cm³/mol. The van der Waals surface area contributed by atoms with Crippen LogP contribution in [-0.2, 0) is 27.3 Å². The second-order valence-electron chi connectivity index (χ2n) is 6.57. The zero-order valence-electron chi connectivity index (χ0n) is 16.4. The van der Waals surface area contributed by atoms with E-state index in [1.54, 1.807) is 31.2 Å². The molecule has 0 unspecified atom stereocenters. The number of rotatable bonds is 6. The number of benzene rings is 1. The topological polar surface area (TPSA) is 74.1 Å². The van der Waals surface area contributed by atoms with Crippen LogP contribution in [0.5, 0.6) is 0 Å². The Morgan fingerprint density at radius 3 is 2.60 bits per heavy atom. The Morgan fingerprint density at radius 2 is 1.90 bits per heavy atom. The van der Waals surface area contributed by atoms with Gasteiger partial charge in [-0.25, -0.2) is 9.18 Å². The molecule has 0 aliphatic heterocycles.